The van der Waals surface area contributed by atoms with Crippen LogP contribution in [0.5, 0.6) is 5.75 Å². The summed E-state index contributed by atoms with van der Waals surface area (Å²) in [7, 11) is 0. The Morgan fingerprint density at radius 2 is 2.27 bits per heavy atom. The zero-order chi connectivity index (χ0) is 10.7. The maximum Gasteiger partial charge on any atom is 0.258 e. The van der Waals surface area contributed by atoms with Gasteiger partial charge in [-0.25, -0.2) is 0 Å². The standard InChI is InChI=1S/C12H13NO2/c1-2-7-13-8-9-15-11-6-4-3-5-10(11)12(13)14/h2-6H,1,7-9H2. The van der Waals surface area contributed by atoms with Crippen molar-refractivity contribution in [3.8, 4) is 5.75 Å². The molecule has 1 heterocycles. The molecule has 1 aromatic carbocycles. The molecule has 0 saturated heterocycles. The highest BCUT2D eigenvalue weighted by atomic mass is 16.5. The molecule has 0 aliphatic carbocycles. The van der Waals surface area contributed by atoms with Gasteiger partial charge < -0.3 is 9.64 Å². The molecule has 78 valence electrons. The second-order valence-corrected chi connectivity index (χ2v) is 3.38. The van der Waals surface area contributed by atoms with Gasteiger partial charge in [0.2, 0.25) is 0 Å². The smallest absolute Gasteiger partial charge is 0.258 e. The van der Waals surface area contributed by atoms with E-state index in [0.717, 1.165) is 0 Å². The molecule has 2 rings (SSSR count). The number of benzene rings is 1. The van der Waals surface area contributed by atoms with Crippen molar-refractivity contribution >= 4 is 5.91 Å². The Morgan fingerprint density at radius 1 is 1.47 bits per heavy atom. The summed E-state index contributed by atoms with van der Waals surface area (Å²) >= 11 is 0. The van der Waals surface area contributed by atoms with Crippen LogP contribution in [0.15, 0.2) is 36.9 Å². The first-order valence-electron chi connectivity index (χ1n) is 4.95. The third kappa shape index (κ3) is 1.86. The first kappa shape index (κ1) is 9.77. The van der Waals surface area contributed by atoms with Gasteiger partial charge in [0.1, 0.15) is 12.4 Å². The molecule has 0 N–H and O–H groups in total. The van der Waals surface area contributed by atoms with Crippen molar-refractivity contribution in [3.63, 3.8) is 0 Å². The van der Waals surface area contributed by atoms with Gasteiger partial charge in [-0.05, 0) is 12.1 Å². The molecule has 0 unspecified atom stereocenters. The van der Waals surface area contributed by atoms with Crippen LogP contribution in [0.2, 0.25) is 0 Å². The minimum absolute atomic E-state index is 0.0167. The van der Waals surface area contributed by atoms with Crippen LogP contribution in [-0.4, -0.2) is 30.5 Å². The minimum atomic E-state index is 0.0167. The van der Waals surface area contributed by atoms with Crippen molar-refractivity contribution in [2.24, 2.45) is 0 Å². The summed E-state index contributed by atoms with van der Waals surface area (Å²) in [6.07, 6.45) is 1.73. The number of carbonyl (C=O) groups excluding carboxylic acids is 1. The predicted molar refractivity (Wildman–Crippen MR) is 58.0 cm³/mol. The van der Waals surface area contributed by atoms with Crippen LogP contribution in [0.3, 0.4) is 0 Å². The van der Waals surface area contributed by atoms with Crippen molar-refractivity contribution < 1.29 is 9.53 Å². The van der Waals surface area contributed by atoms with Crippen LogP contribution in [0.1, 0.15) is 10.4 Å². The van der Waals surface area contributed by atoms with Crippen molar-refractivity contribution in [2.75, 3.05) is 19.7 Å². The number of carbonyl (C=O) groups is 1. The lowest BCUT2D eigenvalue weighted by Gasteiger charge is -2.17. The fourth-order valence-electron chi connectivity index (χ4n) is 1.64. The van der Waals surface area contributed by atoms with Crippen LogP contribution in [0.4, 0.5) is 0 Å². The third-order valence-corrected chi connectivity index (χ3v) is 2.37. The fourth-order valence-corrected chi connectivity index (χ4v) is 1.64. The molecule has 0 atom stereocenters. The van der Waals surface area contributed by atoms with Gasteiger partial charge in [-0.2, -0.15) is 0 Å². The summed E-state index contributed by atoms with van der Waals surface area (Å²) in [5.41, 5.74) is 0.636. The zero-order valence-electron chi connectivity index (χ0n) is 8.48. The van der Waals surface area contributed by atoms with Gasteiger partial charge >= 0.3 is 0 Å². The van der Waals surface area contributed by atoms with E-state index in [1.54, 1.807) is 17.0 Å². The van der Waals surface area contributed by atoms with E-state index in [0.29, 0.717) is 31.0 Å². The molecule has 1 amide bonds. The van der Waals surface area contributed by atoms with Crippen LogP contribution in [0.25, 0.3) is 0 Å². The quantitative estimate of drug-likeness (QED) is 0.685. The fraction of sp³-hybridized carbons (Fsp3) is 0.250. The lowest BCUT2D eigenvalue weighted by Crippen LogP contribution is -2.32. The molecule has 3 heteroatoms. The number of fused-ring (bicyclic) bond motifs is 1. The highest BCUT2D eigenvalue weighted by Gasteiger charge is 2.21. The van der Waals surface area contributed by atoms with E-state index < -0.39 is 0 Å². The molecular formula is C12H13NO2. The highest BCUT2D eigenvalue weighted by Crippen LogP contribution is 2.22. The zero-order valence-corrected chi connectivity index (χ0v) is 8.48. The maximum absolute atomic E-state index is 12.0. The molecule has 0 bridgehead atoms. The number of ether oxygens (including phenoxy) is 1. The van der Waals surface area contributed by atoms with Crippen molar-refractivity contribution in [2.45, 2.75) is 0 Å². The van der Waals surface area contributed by atoms with Crippen LogP contribution < -0.4 is 4.74 Å². The Hall–Kier alpha value is -1.77. The molecule has 0 aromatic heterocycles. The summed E-state index contributed by atoms with van der Waals surface area (Å²) in [5, 5.41) is 0. The molecule has 1 aromatic rings. The van der Waals surface area contributed by atoms with E-state index in [2.05, 4.69) is 6.58 Å². The molecule has 0 fully saturated rings. The molecule has 0 radical (unpaired) electrons. The van der Waals surface area contributed by atoms with Crippen molar-refractivity contribution in [1.82, 2.24) is 4.90 Å². The van der Waals surface area contributed by atoms with E-state index in [1.807, 2.05) is 18.2 Å². The number of para-hydroxylation sites is 1. The van der Waals surface area contributed by atoms with Crippen molar-refractivity contribution in [1.29, 1.82) is 0 Å². The SMILES string of the molecule is C=CCN1CCOc2ccccc2C1=O. The third-order valence-electron chi connectivity index (χ3n) is 2.37. The molecule has 3 nitrogen and oxygen atoms in total. The summed E-state index contributed by atoms with van der Waals surface area (Å²) in [5.74, 6) is 0.692. The van der Waals surface area contributed by atoms with Crippen LogP contribution in [-0.2, 0) is 0 Å². The molecule has 1 aliphatic rings. The number of hydrogen-bond donors (Lipinski definition) is 0. The van der Waals surface area contributed by atoms with Gasteiger partial charge in [-0.3, -0.25) is 4.79 Å². The first-order valence-corrected chi connectivity index (χ1v) is 4.95. The topological polar surface area (TPSA) is 29.5 Å². The number of amides is 1. The van der Waals surface area contributed by atoms with E-state index in [-0.39, 0.29) is 5.91 Å². The van der Waals surface area contributed by atoms with E-state index in [4.69, 9.17) is 4.74 Å². The lowest BCUT2D eigenvalue weighted by molar-refractivity contribution is 0.0775. The van der Waals surface area contributed by atoms with E-state index >= 15 is 0 Å². The second kappa shape index (κ2) is 4.17. The molecule has 0 spiro atoms. The monoisotopic (exact) mass is 203 g/mol. The number of hydrogen-bond acceptors (Lipinski definition) is 2. The summed E-state index contributed by atoms with van der Waals surface area (Å²) in [4.78, 5) is 13.8. The average Bonchev–Trinajstić information content (AvgIpc) is 2.41. The predicted octanol–water partition coefficient (Wildman–Crippen LogP) is 1.71. The van der Waals surface area contributed by atoms with Gasteiger partial charge in [0.15, 0.2) is 0 Å². The Bertz CT molecular complexity index is 387. The van der Waals surface area contributed by atoms with Gasteiger partial charge in [0.25, 0.3) is 5.91 Å². The van der Waals surface area contributed by atoms with E-state index in [9.17, 15) is 4.79 Å². The Morgan fingerprint density at radius 3 is 3.07 bits per heavy atom. The first-order chi connectivity index (χ1) is 7.33. The lowest BCUT2D eigenvalue weighted by atomic mass is 10.2. The van der Waals surface area contributed by atoms with Gasteiger partial charge in [-0.1, -0.05) is 18.2 Å². The number of nitrogens with zero attached hydrogens (tertiary/aromatic N) is 1. The van der Waals surface area contributed by atoms with Gasteiger partial charge in [0.05, 0.1) is 12.1 Å². The molecule has 15 heavy (non-hydrogen) atoms. The maximum atomic E-state index is 12.0. The Labute approximate surface area is 89.0 Å². The summed E-state index contributed by atoms with van der Waals surface area (Å²) in [6, 6.07) is 7.33. The van der Waals surface area contributed by atoms with Crippen molar-refractivity contribution in [3.05, 3.63) is 42.5 Å². The largest absolute Gasteiger partial charge is 0.491 e. The number of rotatable bonds is 2. The summed E-state index contributed by atoms with van der Waals surface area (Å²) in [6.45, 7) is 5.36. The highest BCUT2D eigenvalue weighted by molar-refractivity contribution is 5.97. The van der Waals surface area contributed by atoms with Gasteiger partial charge in [-0.15, -0.1) is 6.58 Å². The summed E-state index contributed by atoms with van der Waals surface area (Å²) < 4.78 is 5.50. The minimum Gasteiger partial charge on any atom is -0.491 e. The van der Waals surface area contributed by atoms with Crippen LogP contribution >= 0.6 is 0 Å². The van der Waals surface area contributed by atoms with Gasteiger partial charge in [0, 0.05) is 6.54 Å². The Balaban J connectivity index is 2.34. The molecular weight excluding hydrogens is 190 g/mol. The normalized spacial score (nSPS) is 15.2. The van der Waals surface area contributed by atoms with E-state index in [1.165, 1.54) is 0 Å². The molecule has 1 aliphatic heterocycles. The molecule has 0 saturated carbocycles. The Kier molecular flexibility index (Phi) is 2.72. The van der Waals surface area contributed by atoms with Crippen LogP contribution in [0, 0.1) is 0 Å². The second-order valence-electron chi connectivity index (χ2n) is 3.38. The average molecular weight is 203 g/mol.